The molecule has 1 unspecified atom stereocenters. The molecule has 1 aliphatic heterocycles. The molecule has 0 bridgehead atoms. The van der Waals surface area contributed by atoms with Gasteiger partial charge in [-0.25, -0.2) is 8.42 Å². The molecule has 0 saturated carbocycles. The van der Waals surface area contributed by atoms with Gasteiger partial charge in [0.15, 0.2) is 0 Å². The predicted molar refractivity (Wildman–Crippen MR) is 69.6 cm³/mol. The lowest BCUT2D eigenvalue weighted by Crippen LogP contribution is -2.42. The molecule has 1 atom stereocenters. The molecule has 1 aliphatic rings. The van der Waals surface area contributed by atoms with Gasteiger partial charge in [-0.05, 0) is 43.5 Å². The van der Waals surface area contributed by atoms with E-state index in [1.165, 1.54) is 10.4 Å². The number of anilines is 1. The van der Waals surface area contributed by atoms with E-state index in [4.69, 9.17) is 5.73 Å². The minimum atomic E-state index is -3.52. The first-order valence-electron chi connectivity index (χ1n) is 5.95. The van der Waals surface area contributed by atoms with Gasteiger partial charge in [0, 0.05) is 18.8 Å². The maximum atomic E-state index is 12.4. The summed E-state index contributed by atoms with van der Waals surface area (Å²) in [7, 11) is -3.52. The second kappa shape index (κ2) is 4.87. The molecule has 0 spiro atoms. The van der Waals surface area contributed by atoms with Crippen molar-refractivity contribution in [2.45, 2.75) is 30.8 Å². The molecule has 3 N–H and O–H groups in total. The van der Waals surface area contributed by atoms with E-state index in [1.54, 1.807) is 19.1 Å². The van der Waals surface area contributed by atoms with E-state index in [9.17, 15) is 13.5 Å². The third-order valence-electron chi connectivity index (χ3n) is 3.24. The van der Waals surface area contributed by atoms with Crippen molar-refractivity contribution >= 4 is 15.7 Å². The van der Waals surface area contributed by atoms with Gasteiger partial charge in [0.05, 0.1) is 11.0 Å². The number of piperidine rings is 1. The van der Waals surface area contributed by atoms with E-state index in [2.05, 4.69) is 0 Å². The molecule has 0 radical (unpaired) electrons. The highest BCUT2D eigenvalue weighted by Gasteiger charge is 2.29. The Morgan fingerprint density at radius 2 is 2.17 bits per heavy atom. The molecule has 1 aromatic rings. The summed E-state index contributed by atoms with van der Waals surface area (Å²) in [6.07, 6.45) is 0.782. The Labute approximate surface area is 107 Å². The van der Waals surface area contributed by atoms with Crippen LogP contribution in [0.2, 0.25) is 0 Å². The number of aliphatic hydroxyl groups excluding tert-OH is 1. The molecule has 18 heavy (non-hydrogen) atoms. The van der Waals surface area contributed by atoms with Crippen LogP contribution in [-0.2, 0) is 10.0 Å². The van der Waals surface area contributed by atoms with Gasteiger partial charge in [-0.15, -0.1) is 0 Å². The fraction of sp³-hybridized carbons (Fsp3) is 0.500. The number of β-amino-alcohol motifs (C(OH)–C–C–N with tert-alkyl or cyclic N) is 1. The lowest BCUT2D eigenvalue weighted by atomic mass is 10.1. The van der Waals surface area contributed by atoms with Gasteiger partial charge >= 0.3 is 0 Å². The monoisotopic (exact) mass is 270 g/mol. The summed E-state index contributed by atoms with van der Waals surface area (Å²) in [5.41, 5.74) is 7.00. The summed E-state index contributed by atoms with van der Waals surface area (Å²) in [5, 5.41) is 9.56. The van der Waals surface area contributed by atoms with Gasteiger partial charge in [-0.3, -0.25) is 0 Å². The molecular formula is C12H18N2O3S. The van der Waals surface area contributed by atoms with Crippen molar-refractivity contribution in [1.29, 1.82) is 0 Å². The number of nitrogens with two attached hydrogens (primary N) is 1. The van der Waals surface area contributed by atoms with Gasteiger partial charge in [0.1, 0.15) is 0 Å². The summed E-state index contributed by atoms with van der Waals surface area (Å²) >= 11 is 0. The summed E-state index contributed by atoms with van der Waals surface area (Å²) in [6, 6.07) is 4.69. The van der Waals surface area contributed by atoms with Crippen LogP contribution in [0, 0.1) is 6.92 Å². The molecule has 0 amide bonds. The fourth-order valence-electron chi connectivity index (χ4n) is 2.10. The van der Waals surface area contributed by atoms with Crippen LogP contribution < -0.4 is 5.73 Å². The Hall–Kier alpha value is -1.11. The van der Waals surface area contributed by atoms with Crippen molar-refractivity contribution < 1.29 is 13.5 Å². The number of aryl methyl sites for hydroxylation is 1. The minimum absolute atomic E-state index is 0.172. The molecule has 0 aliphatic carbocycles. The first kappa shape index (κ1) is 13.3. The Bertz CT molecular complexity index is 542. The molecule has 100 valence electrons. The highest BCUT2D eigenvalue weighted by Crippen LogP contribution is 2.23. The van der Waals surface area contributed by atoms with E-state index in [-0.39, 0.29) is 11.4 Å². The largest absolute Gasteiger partial charge is 0.399 e. The first-order chi connectivity index (χ1) is 8.41. The molecule has 1 aromatic carbocycles. The van der Waals surface area contributed by atoms with E-state index < -0.39 is 16.1 Å². The SMILES string of the molecule is Cc1cc(S(=O)(=O)N2CCCC(O)C2)ccc1N. The third-order valence-corrected chi connectivity index (χ3v) is 5.10. The number of hydrogen-bond acceptors (Lipinski definition) is 4. The average Bonchev–Trinajstić information content (AvgIpc) is 2.32. The molecular weight excluding hydrogens is 252 g/mol. The lowest BCUT2D eigenvalue weighted by Gasteiger charge is -2.29. The van der Waals surface area contributed by atoms with E-state index >= 15 is 0 Å². The van der Waals surface area contributed by atoms with E-state index in [0.717, 1.165) is 5.56 Å². The maximum Gasteiger partial charge on any atom is 0.243 e. The number of rotatable bonds is 2. The van der Waals surface area contributed by atoms with Gasteiger partial charge in [-0.2, -0.15) is 4.31 Å². The zero-order valence-electron chi connectivity index (χ0n) is 10.3. The molecule has 1 fully saturated rings. The van der Waals surface area contributed by atoms with Crippen molar-refractivity contribution in [2.24, 2.45) is 0 Å². The molecule has 5 nitrogen and oxygen atoms in total. The van der Waals surface area contributed by atoms with Crippen molar-refractivity contribution in [3.63, 3.8) is 0 Å². The van der Waals surface area contributed by atoms with Crippen LogP contribution in [0.5, 0.6) is 0 Å². The highest BCUT2D eigenvalue weighted by atomic mass is 32.2. The van der Waals surface area contributed by atoms with Gasteiger partial charge < -0.3 is 10.8 Å². The Kier molecular flexibility index (Phi) is 3.61. The lowest BCUT2D eigenvalue weighted by molar-refractivity contribution is 0.108. The van der Waals surface area contributed by atoms with Gasteiger partial charge in [0.25, 0.3) is 0 Å². The summed E-state index contributed by atoms with van der Waals surface area (Å²) in [6.45, 7) is 2.41. The Morgan fingerprint density at radius 3 is 2.78 bits per heavy atom. The second-order valence-corrected chi connectivity index (χ2v) is 6.62. The zero-order valence-corrected chi connectivity index (χ0v) is 11.2. The van der Waals surface area contributed by atoms with Crippen molar-refractivity contribution in [3.8, 4) is 0 Å². The van der Waals surface area contributed by atoms with Crippen molar-refractivity contribution in [1.82, 2.24) is 4.31 Å². The number of hydrogen-bond donors (Lipinski definition) is 2. The number of nitrogens with zero attached hydrogens (tertiary/aromatic N) is 1. The predicted octanol–water partition coefficient (Wildman–Crippen LogP) is 0.723. The quantitative estimate of drug-likeness (QED) is 0.776. The topological polar surface area (TPSA) is 83.6 Å². The highest BCUT2D eigenvalue weighted by molar-refractivity contribution is 7.89. The van der Waals surface area contributed by atoms with Crippen LogP contribution in [0.25, 0.3) is 0 Å². The Morgan fingerprint density at radius 1 is 1.44 bits per heavy atom. The normalized spacial score (nSPS) is 22.0. The standard InChI is InChI=1S/C12H18N2O3S/c1-9-7-11(4-5-12(9)13)18(16,17)14-6-2-3-10(15)8-14/h4-5,7,10,15H,2-3,6,8,13H2,1H3. The first-order valence-corrected chi connectivity index (χ1v) is 7.39. The molecule has 2 rings (SSSR count). The average molecular weight is 270 g/mol. The van der Waals surface area contributed by atoms with Crippen LogP contribution in [-0.4, -0.2) is 37.0 Å². The Balaban J connectivity index is 2.32. The smallest absolute Gasteiger partial charge is 0.243 e. The summed E-state index contributed by atoms with van der Waals surface area (Å²) < 4.78 is 26.1. The summed E-state index contributed by atoms with van der Waals surface area (Å²) in [5.74, 6) is 0. The zero-order chi connectivity index (χ0) is 13.3. The third kappa shape index (κ3) is 2.50. The van der Waals surface area contributed by atoms with Gasteiger partial charge in [-0.1, -0.05) is 0 Å². The molecule has 1 heterocycles. The second-order valence-electron chi connectivity index (χ2n) is 4.68. The van der Waals surface area contributed by atoms with Crippen LogP contribution in [0.15, 0.2) is 23.1 Å². The molecule has 6 heteroatoms. The maximum absolute atomic E-state index is 12.4. The van der Waals surface area contributed by atoms with Crippen LogP contribution in [0.1, 0.15) is 18.4 Å². The van der Waals surface area contributed by atoms with Crippen LogP contribution >= 0.6 is 0 Å². The van der Waals surface area contributed by atoms with Crippen molar-refractivity contribution in [2.75, 3.05) is 18.8 Å². The number of aliphatic hydroxyl groups is 1. The van der Waals surface area contributed by atoms with E-state index in [0.29, 0.717) is 25.1 Å². The van der Waals surface area contributed by atoms with Crippen LogP contribution in [0.4, 0.5) is 5.69 Å². The molecule has 1 saturated heterocycles. The number of nitrogen functional groups attached to an aromatic ring is 1. The van der Waals surface area contributed by atoms with Crippen molar-refractivity contribution in [3.05, 3.63) is 23.8 Å². The number of sulfonamides is 1. The number of benzene rings is 1. The molecule has 0 aromatic heterocycles. The van der Waals surface area contributed by atoms with E-state index in [1.807, 2.05) is 0 Å². The minimum Gasteiger partial charge on any atom is -0.399 e. The summed E-state index contributed by atoms with van der Waals surface area (Å²) in [4.78, 5) is 0.239. The fourth-order valence-corrected chi connectivity index (χ4v) is 3.70. The van der Waals surface area contributed by atoms with Gasteiger partial charge in [0.2, 0.25) is 10.0 Å². The van der Waals surface area contributed by atoms with Crippen LogP contribution in [0.3, 0.4) is 0 Å².